The van der Waals surface area contributed by atoms with Crippen molar-refractivity contribution in [1.29, 1.82) is 0 Å². The molecule has 1 aliphatic heterocycles. The number of benzene rings is 5. The highest BCUT2D eigenvalue weighted by molar-refractivity contribution is 6.23. The fourth-order valence-corrected chi connectivity index (χ4v) is 6.09. The summed E-state index contributed by atoms with van der Waals surface area (Å²) in [6.07, 6.45) is 8.33. The van der Waals surface area contributed by atoms with Crippen molar-refractivity contribution >= 4 is 55.0 Å². The Bertz CT molecular complexity index is 2090. The average Bonchev–Trinajstić information content (AvgIpc) is 3.48. The van der Waals surface area contributed by atoms with Crippen molar-refractivity contribution in [1.82, 2.24) is 4.40 Å². The minimum absolute atomic E-state index is 1.00. The summed E-state index contributed by atoms with van der Waals surface area (Å²) >= 11 is 0. The average molecular weight is 485 g/mol. The van der Waals surface area contributed by atoms with Gasteiger partial charge in [-0.3, -0.25) is 0 Å². The van der Waals surface area contributed by atoms with Crippen molar-refractivity contribution in [3.8, 4) is 11.1 Å². The molecule has 7 aromatic rings. The van der Waals surface area contributed by atoms with E-state index in [2.05, 4.69) is 143 Å². The number of aromatic nitrogens is 1. The third-order valence-electron chi connectivity index (χ3n) is 7.84. The second-order valence-electron chi connectivity index (χ2n) is 9.95. The van der Waals surface area contributed by atoms with E-state index >= 15 is 0 Å². The first-order chi connectivity index (χ1) is 18.8. The lowest BCUT2D eigenvalue weighted by atomic mass is 9.95. The van der Waals surface area contributed by atoms with E-state index in [9.17, 15) is 0 Å². The standard InChI is InChI=1S/C36H24N2/c1-24-10-7-8-21-37(27-11-3-2-4-12-27)33-19-17-25(22-31(24)33)26-18-20-35-32(23-26)30-15-9-14-29-28-13-5-6-16-34(28)38(35)36(29)30/h2-23H,1H2/b10-7-,21-8-. The van der Waals surface area contributed by atoms with Crippen molar-refractivity contribution in [3.63, 3.8) is 0 Å². The molecule has 0 saturated heterocycles. The molecular weight excluding hydrogens is 460 g/mol. The van der Waals surface area contributed by atoms with Gasteiger partial charge in [0.2, 0.25) is 0 Å². The normalized spacial score (nSPS) is 15.3. The second kappa shape index (κ2) is 7.96. The zero-order valence-electron chi connectivity index (χ0n) is 20.8. The molecular formula is C36H24N2. The van der Waals surface area contributed by atoms with Gasteiger partial charge in [-0.2, -0.15) is 0 Å². The summed E-state index contributed by atoms with van der Waals surface area (Å²) in [6.45, 7) is 4.40. The van der Waals surface area contributed by atoms with E-state index in [1.807, 2.05) is 6.07 Å². The summed E-state index contributed by atoms with van der Waals surface area (Å²) in [4.78, 5) is 2.23. The Morgan fingerprint density at radius 3 is 2.16 bits per heavy atom. The first-order valence-corrected chi connectivity index (χ1v) is 13.0. The van der Waals surface area contributed by atoms with Gasteiger partial charge in [0.25, 0.3) is 0 Å². The van der Waals surface area contributed by atoms with Crippen LogP contribution >= 0.6 is 0 Å². The van der Waals surface area contributed by atoms with Crippen LogP contribution < -0.4 is 4.90 Å². The molecule has 1 aliphatic rings. The minimum atomic E-state index is 1.00. The summed E-state index contributed by atoms with van der Waals surface area (Å²) in [5.41, 5.74) is 10.6. The third kappa shape index (κ3) is 2.95. The van der Waals surface area contributed by atoms with Crippen LogP contribution in [0.1, 0.15) is 5.56 Å². The van der Waals surface area contributed by atoms with E-state index in [0.29, 0.717) is 0 Å². The molecule has 8 rings (SSSR count). The summed E-state index contributed by atoms with van der Waals surface area (Å²) in [6, 6.07) is 39.5. The molecule has 0 saturated carbocycles. The van der Waals surface area contributed by atoms with Crippen LogP contribution in [0.15, 0.2) is 140 Å². The van der Waals surface area contributed by atoms with Crippen molar-refractivity contribution in [3.05, 3.63) is 146 Å². The highest BCUT2D eigenvalue weighted by Gasteiger charge is 2.18. The lowest BCUT2D eigenvalue weighted by molar-refractivity contribution is 1.27. The van der Waals surface area contributed by atoms with Gasteiger partial charge in [0.05, 0.1) is 22.2 Å². The Kier molecular flexibility index (Phi) is 4.41. The summed E-state index contributed by atoms with van der Waals surface area (Å²) in [5.74, 6) is 0. The Hall–Kier alpha value is -5.08. The molecule has 0 unspecified atom stereocenters. The lowest BCUT2D eigenvalue weighted by Gasteiger charge is -2.25. The minimum Gasteiger partial charge on any atom is -0.317 e. The molecule has 0 amide bonds. The topological polar surface area (TPSA) is 7.65 Å². The smallest absolute Gasteiger partial charge is 0.0620 e. The first-order valence-electron chi connectivity index (χ1n) is 13.0. The molecule has 0 spiro atoms. The van der Waals surface area contributed by atoms with Crippen LogP contribution in [0.2, 0.25) is 0 Å². The highest BCUT2D eigenvalue weighted by Crippen LogP contribution is 2.41. The molecule has 2 heteroatoms. The Morgan fingerprint density at radius 1 is 0.553 bits per heavy atom. The molecule has 5 aromatic carbocycles. The predicted molar refractivity (Wildman–Crippen MR) is 162 cm³/mol. The van der Waals surface area contributed by atoms with Gasteiger partial charge in [0, 0.05) is 39.0 Å². The Labute approximate surface area is 221 Å². The predicted octanol–water partition coefficient (Wildman–Crippen LogP) is 9.74. The third-order valence-corrected chi connectivity index (χ3v) is 7.84. The van der Waals surface area contributed by atoms with Gasteiger partial charge >= 0.3 is 0 Å². The van der Waals surface area contributed by atoms with Crippen LogP contribution in [-0.2, 0) is 0 Å². The van der Waals surface area contributed by atoms with Gasteiger partial charge in [0.15, 0.2) is 0 Å². The second-order valence-corrected chi connectivity index (χ2v) is 9.95. The zero-order valence-corrected chi connectivity index (χ0v) is 20.8. The molecule has 178 valence electrons. The van der Waals surface area contributed by atoms with Crippen LogP contribution in [0, 0.1) is 0 Å². The quantitative estimate of drug-likeness (QED) is 0.237. The van der Waals surface area contributed by atoms with Gasteiger partial charge in [-0.1, -0.05) is 85.5 Å². The van der Waals surface area contributed by atoms with E-state index in [-0.39, 0.29) is 0 Å². The van der Waals surface area contributed by atoms with Gasteiger partial charge in [-0.25, -0.2) is 0 Å². The van der Waals surface area contributed by atoms with E-state index in [4.69, 9.17) is 0 Å². The summed E-state index contributed by atoms with van der Waals surface area (Å²) < 4.78 is 2.43. The largest absolute Gasteiger partial charge is 0.317 e. The van der Waals surface area contributed by atoms with E-state index in [0.717, 1.165) is 22.5 Å². The van der Waals surface area contributed by atoms with E-state index < -0.39 is 0 Å². The lowest BCUT2D eigenvalue weighted by Crippen LogP contribution is -2.11. The van der Waals surface area contributed by atoms with Crippen LogP contribution in [0.5, 0.6) is 0 Å². The fourth-order valence-electron chi connectivity index (χ4n) is 6.09. The Balaban J connectivity index is 1.33. The van der Waals surface area contributed by atoms with Crippen molar-refractivity contribution in [2.75, 3.05) is 4.90 Å². The monoisotopic (exact) mass is 484 g/mol. The number of rotatable bonds is 2. The summed E-state index contributed by atoms with van der Waals surface area (Å²) in [7, 11) is 0. The maximum atomic E-state index is 4.40. The maximum absolute atomic E-state index is 4.40. The number of hydrogen-bond donors (Lipinski definition) is 0. The SMILES string of the molecule is C=C1/C=C\C=C/N(c2ccccc2)c2ccc(-c3ccc4c(c3)c3cccc5c6ccccc6n4c53)cc21. The van der Waals surface area contributed by atoms with Crippen molar-refractivity contribution < 1.29 is 0 Å². The maximum Gasteiger partial charge on any atom is 0.0620 e. The number of para-hydroxylation sites is 3. The van der Waals surface area contributed by atoms with Gasteiger partial charge in [0.1, 0.15) is 0 Å². The number of allylic oxidation sites excluding steroid dienone is 4. The molecule has 2 aromatic heterocycles. The van der Waals surface area contributed by atoms with Gasteiger partial charge in [-0.05, 0) is 65.2 Å². The fraction of sp³-hybridized carbons (Fsp3) is 0. The van der Waals surface area contributed by atoms with Crippen molar-refractivity contribution in [2.45, 2.75) is 0 Å². The molecule has 2 nitrogen and oxygen atoms in total. The van der Waals surface area contributed by atoms with E-state index in [1.165, 1.54) is 49.2 Å². The molecule has 3 heterocycles. The van der Waals surface area contributed by atoms with Crippen LogP contribution in [0.3, 0.4) is 0 Å². The summed E-state index contributed by atoms with van der Waals surface area (Å²) in [5, 5.41) is 5.21. The Morgan fingerprint density at radius 2 is 1.26 bits per heavy atom. The molecule has 0 N–H and O–H groups in total. The number of nitrogens with zero attached hydrogens (tertiary/aromatic N) is 2. The molecule has 0 radical (unpaired) electrons. The van der Waals surface area contributed by atoms with Crippen molar-refractivity contribution in [2.24, 2.45) is 0 Å². The molecule has 0 atom stereocenters. The number of anilines is 2. The molecule has 0 bridgehead atoms. The van der Waals surface area contributed by atoms with Gasteiger partial charge in [-0.15, -0.1) is 0 Å². The number of fused-ring (bicyclic) bond motifs is 7. The van der Waals surface area contributed by atoms with Gasteiger partial charge < -0.3 is 9.30 Å². The molecule has 38 heavy (non-hydrogen) atoms. The number of hydrogen-bond acceptors (Lipinski definition) is 1. The zero-order chi connectivity index (χ0) is 25.2. The van der Waals surface area contributed by atoms with Crippen LogP contribution in [0.25, 0.3) is 54.8 Å². The molecule has 0 aliphatic carbocycles. The van der Waals surface area contributed by atoms with Crippen LogP contribution in [-0.4, -0.2) is 4.40 Å². The molecule has 0 fully saturated rings. The van der Waals surface area contributed by atoms with E-state index in [1.54, 1.807) is 0 Å². The first kappa shape index (κ1) is 21.0. The highest BCUT2D eigenvalue weighted by atomic mass is 15.1. The van der Waals surface area contributed by atoms with Crippen LogP contribution in [0.4, 0.5) is 11.4 Å².